The number of hydrogen-bond donors (Lipinski definition) is 1. The molecule has 0 aliphatic carbocycles. The molecule has 1 aromatic heterocycles. The van der Waals surface area contributed by atoms with Crippen molar-refractivity contribution in [2.75, 3.05) is 35.3 Å². The quantitative estimate of drug-likeness (QED) is 0.636. The number of amides is 1. The third kappa shape index (κ3) is 4.49. The number of carbonyl (C=O) groups is 1. The van der Waals surface area contributed by atoms with Crippen molar-refractivity contribution in [2.45, 2.75) is 13.8 Å². The Bertz CT molecular complexity index is 905. The van der Waals surface area contributed by atoms with Crippen molar-refractivity contribution in [3.63, 3.8) is 0 Å². The van der Waals surface area contributed by atoms with Gasteiger partial charge < -0.3 is 15.1 Å². The highest BCUT2D eigenvalue weighted by Crippen LogP contribution is 2.23. The average molecular weight is 374 g/mol. The Morgan fingerprint density at radius 3 is 2.21 bits per heavy atom. The fourth-order valence-electron chi connectivity index (χ4n) is 3.09. The summed E-state index contributed by atoms with van der Waals surface area (Å²) in [7, 11) is 1.97. The van der Waals surface area contributed by atoms with Gasteiger partial charge in [-0.05, 0) is 62.4 Å². The predicted molar refractivity (Wildman–Crippen MR) is 117 cm³/mol. The first-order chi connectivity index (χ1) is 13.6. The van der Waals surface area contributed by atoms with Crippen molar-refractivity contribution in [1.29, 1.82) is 0 Å². The molecule has 0 aliphatic rings. The van der Waals surface area contributed by atoms with Gasteiger partial charge in [-0.15, -0.1) is 0 Å². The van der Waals surface area contributed by atoms with E-state index in [4.69, 9.17) is 0 Å². The van der Waals surface area contributed by atoms with Crippen molar-refractivity contribution in [2.24, 2.45) is 0 Å². The van der Waals surface area contributed by atoms with Gasteiger partial charge in [-0.25, -0.2) is 0 Å². The Morgan fingerprint density at radius 2 is 1.57 bits per heavy atom. The van der Waals surface area contributed by atoms with Gasteiger partial charge in [-0.2, -0.15) is 0 Å². The van der Waals surface area contributed by atoms with E-state index in [0.29, 0.717) is 5.69 Å². The molecule has 3 rings (SSSR count). The fourth-order valence-corrected chi connectivity index (χ4v) is 3.09. The van der Waals surface area contributed by atoms with Crippen LogP contribution in [-0.2, 0) is 0 Å². The molecule has 0 aliphatic heterocycles. The lowest BCUT2D eigenvalue weighted by Crippen LogP contribution is -2.21. The molecule has 28 heavy (non-hydrogen) atoms. The minimum atomic E-state index is -0.223. The normalized spacial score (nSPS) is 10.4. The number of aromatic nitrogens is 1. The van der Waals surface area contributed by atoms with Gasteiger partial charge in [-0.1, -0.05) is 18.2 Å². The van der Waals surface area contributed by atoms with E-state index in [-0.39, 0.29) is 5.91 Å². The maximum absolute atomic E-state index is 12.7. The monoisotopic (exact) mass is 374 g/mol. The Kier molecular flexibility index (Phi) is 6.27. The molecule has 0 unspecified atom stereocenters. The van der Waals surface area contributed by atoms with Crippen LogP contribution in [0.15, 0.2) is 72.9 Å². The van der Waals surface area contributed by atoms with Crippen LogP contribution in [0.2, 0.25) is 0 Å². The summed E-state index contributed by atoms with van der Waals surface area (Å²) in [6.45, 7) is 6.16. The summed E-state index contributed by atoms with van der Waals surface area (Å²) in [5.41, 5.74) is 4.24. The Morgan fingerprint density at radius 1 is 0.893 bits per heavy atom. The van der Waals surface area contributed by atoms with Crippen molar-refractivity contribution >= 4 is 28.7 Å². The molecule has 5 heteroatoms. The van der Waals surface area contributed by atoms with Crippen molar-refractivity contribution < 1.29 is 4.79 Å². The maximum atomic E-state index is 12.7. The molecule has 0 saturated heterocycles. The largest absolute Gasteiger partial charge is 0.372 e. The second-order valence-electron chi connectivity index (χ2n) is 6.47. The molecule has 0 atom stereocenters. The van der Waals surface area contributed by atoms with Crippen molar-refractivity contribution in [3.8, 4) is 0 Å². The third-order valence-corrected chi connectivity index (χ3v) is 4.76. The van der Waals surface area contributed by atoms with Gasteiger partial charge in [-0.3, -0.25) is 9.78 Å². The van der Waals surface area contributed by atoms with Crippen LogP contribution in [0.3, 0.4) is 0 Å². The molecule has 0 saturated carbocycles. The first-order valence-electron chi connectivity index (χ1n) is 9.53. The Labute approximate surface area is 166 Å². The minimum absolute atomic E-state index is 0.223. The standard InChI is InChI=1S/C23H26N4O/c1-4-27(5-2)20-13-11-18(12-14-20)25-23(28)22-17-21(15-16-24-22)26(3)19-9-7-6-8-10-19/h6-17H,4-5H2,1-3H3,(H,25,28). The number of nitrogens with one attached hydrogen (secondary N) is 1. The lowest BCUT2D eigenvalue weighted by Gasteiger charge is -2.21. The van der Waals surface area contributed by atoms with Crippen LogP contribution in [0, 0.1) is 0 Å². The highest BCUT2D eigenvalue weighted by atomic mass is 16.1. The lowest BCUT2D eigenvalue weighted by atomic mass is 10.2. The van der Waals surface area contributed by atoms with E-state index in [1.165, 1.54) is 0 Å². The number of hydrogen-bond acceptors (Lipinski definition) is 4. The van der Waals surface area contributed by atoms with Crippen LogP contribution in [0.1, 0.15) is 24.3 Å². The van der Waals surface area contributed by atoms with Gasteiger partial charge in [0.2, 0.25) is 0 Å². The van der Waals surface area contributed by atoms with Crippen LogP contribution in [-0.4, -0.2) is 31.0 Å². The minimum Gasteiger partial charge on any atom is -0.372 e. The van der Waals surface area contributed by atoms with Crippen LogP contribution in [0.5, 0.6) is 0 Å². The molecule has 144 valence electrons. The van der Waals surface area contributed by atoms with Crippen LogP contribution in [0.4, 0.5) is 22.7 Å². The van der Waals surface area contributed by atoms with E-state index in [1.807, 2.05) is 72.6 Å². The zero-order chi connectivity index (χ0) is 19.9. The molecular weight excluding hydrogens is 348 g/mol. The van der Waals surface area contributed by atoms with Gasteiger partial charge in [0.25, 0.3) is 5.91 Å². The second-order valence-corrected chi connectivity index (χ2v) is 6.47. The van der Waals surface area contributed by atoms with Gasteiger partial charge in [0.1, 0.15) is 5.69 Å². The second kappa shape index (κ2) is 9.04. The summed E-state index contributed by atoms with van der Waals surface area (Å²) in [6.07, 6.45) is 1.66. The van der Waals surface area contributed by atoms with Crippen LogP contribution >= 0.6 is 0 Å². The van der Waals surface area contributed by atoms with E-state index < -0.39 is 0 Å². The first-order valence-corrected chi connectivity index (χ1v) is 9.53. The average Bonchev–Trinajstić information content (AvgIpc) is 2.76. The molecule has 2 aromatic carbocycles. The predicted octanol–water partition coefficient (Wildman–Crippen LogP) is 4.95. The zero-order valence-corrected chi connectivity index (χ0v) is 16.6. The van der Waals surface area contributed by atoms with E-state index in [1.54, 1.807) is 12.3 Å². The van der Waals surface area contributed by atoms with E-state index in [0.717, 1.165) is 35.8 Å². The summed E-state index contributed by atoms with van der Waals surface area (Å²) in [6, 6.07) is 21.6. The summed E-state index contributed by atoms with van der Waals surface area (Å²) < 4.78 is 0. The number of benzene rings is 2. The summed E-state index contributed by atoms with van der Waals surface area (Å²) in [5.74, 6) is -0.223. The number of pyridine rings is 1. The van der Waals surface area contributed by atoms with Crippen LogP contribution < -0.4 is 15.1 Å². The Hall–Kier alpha value is -3.34. The number of para-hydroxylation sites is 1. The lowest BCUT2D eigenvalue weighted by molar-refractivity contribution is 0.102. The van der Waals surface area contributed by atoms with Crippen molar-refractivity contribution in [1.82, 2.24) is 4.98 Å². The van der Waals surface area contributed by atoms with E-state index in [2.05, 4.69) is 29.0 Å². The molecule has 1 amide bonds. The SMILES string of the molecule is CCN(CC)c1ccc(NC(=O)c2cc(N(C)c3ccccc3)ccn2)cc1. The fraction of sp³-hybridized carbons (Fsp3) is 0.217. The number of rotatable bonds is 7. The molecular formula is C23H26N4O. The molecule has 5 nitrogen and oxygen atoms in total. The Balaban J connectivity index is 1.73. The number of carbonyl (C=O) groups excluding carboxylic acids is 1. The number of nitrogens with zero attached hydrogens (tertiary/aromatic N) is 3. The molecule has 0 radical (unpaired) electrons. The summed E-state index contributed by atoms with van der Waals surface area (Å²) >= 11 is 0. The highest BCUT2D eigenvalue weighted by molar-refractivity contribution is 6.03. The van der Waals surface area contributed by atoms with Gasteiger partial charge in [0.05, 0.1) is 0 Å². The van der Waals surface area contributed by atoms with Gasteiger partial charge >= 0.3 is 0 Å². The molecule has 0 bridgehead atoms. The van der Waals surface area contributed by atoms with Gasteiger partial charge in [0, 0.05) is 49.1 Å². The molecule has 1 N–H and O–H groups in total. The molecule has 3 aromatic rings. The molecule has 0 fully saturated rings. The highest BCUT2D eigenvalue weighted by Gasteiger charge is 2.11. The summed E-state index contributed by atoms with van der Waals surface area (Å²) in [5, 5.41) is 2.93. The third-order valence-electron chi connectivity index (χ3n) is 4.76. The zero-order valence-electron chi connectivity index (χ0n) is 16.6. The molecule has 1 heterocycles. The maximum Gasteiger partial charge on any atom is 0.274 e. The van der Waals surface area contributed by atoms with Gasteiger partial charge in [0.15, 0.2) is 0 Å². The van der Waals surface area contributed by atoms with E-state index in [9.17, 15) is 4.79 Å². The first kappa shape index (κ1) is 19.4. The van der Waals surface area contributed by atoms with Crippen molar-refractivity contribution in [3.05, 3.63) is 78.6 Å². The molecule has 0 spiro atoms. The smallest absolute Gasteiger partial charge is 0.274 e. The van der Waals surface area contributed by atoms with E-state index >= 15 is 0 Å². The number of anilines is 4. The topological polar surface area (TPSA) is 48.5 Å². The van der Waals surface area contributed by atoms with Crippen LogP contribution in [0.25, 0.3) is 0 Å². The summed E-state index contributed by atoms with van der Waals surface area (Å²) in [4.78, 5) is 21.2.